The van der Waals surface area contributed by atoms with Gasteiger partial charge in [0.1, 0.15) is 0 Å². The van der Waals surface area contributed by atoms with Gasteiger partial charge in [-0.2, -0.15) is 13.2 Å². The zero-order valence-corrected chi connectivity index (χ0v) is 11.3. The van der Waals surface area contributed by atoms with Crippen LogP contribution in [0.15, 0.2) is 29.2 Å². The monoisotopic (exact) mass is 311 g/mol. The van der Waals surface area contributed by atoms with E-state index in [9.17, 15) is 22.8 Å². The van der Waals surface area contributed by atoms with Gasteiger partial charge in [-0.15, -0.1) is 6.42 Å². The Morgan fingerprint density at radius 1 is 1.33 bits per heavy atom. The van der Waals surface area contributed by atoms with Gasteiger partial charge in [-0.3, -0.25) is 14.5 Å². The molecule has 1 fully saturated rings. The topological polar surface area (TPSA) is 37.4 Å². The first-order chi connectivity index (χ1) is 9.82. The van der Waals surface area contributed by atoms with Gasteiger partial charge in [0.25, 0.3) is 11.1 Å². The number of hydrogen-bond donors (Lipinski definition) is 0. The van der Waals surface area contributed by atoms with E-state index in [1.54, 1.807) is 0 Å². The molecule has 0 aliphatic carbocycles. The van der Waals surface area contributed by atoms with E-state index in [4.69, 9.17) is 6.42 Å². The van der Waals surface area contributed by atoms with Crippen molar-refractivity contribution in [3.63, 3.8) is 0 Å². The van der Waals surface area contributed by atoms with E-state index < -0.39 is 22.9 Å². The van der Waals surface area contributed by atoms with Gasteiger partial charge in [-0.25, -0.2) is 0 Å². The van der Waals surface area contributed by atoms with Crippen molar-refractivity contribution in [2.24, 2.45) is 0 Å². The van der Waals surface area contributed by atoms with Crippen LogP contribution in [0.3, 0.4) is 0 Å². The number of carbonyl (C=O) groups is 2. The number of benzene rings is 1. The van der Waals surface area contributed by atoms with E-state index >= 15 is 0 Å². The zero-order valence-electron chi connectivity index (χ0n) is 10.5. The molecule has 1 aromatic carbocycles. The molecule has 1 aliphatic rings. The highest BCUT2D eigenvalue weighted by atomic mass is 32.2. The number of carbonyl (C=O) groups excluding carboxylic acids is 2. The molecular weight excluding hydrogens is 303 g/mol. The lowest BCUT2D eigenvalue weighted by molar-refractivity contribution is -0.137. The molecule has 7 heteroatoms. The summed E-state index contributed by atoms with van der Waals surface area (Å²) in [4.78, 5) is 24.4. The number of nitrogens with zero attached hydrogens (tertiary/aromatic N) is 1. The quantitative estimate of drug-likeness (QED) is 0.621. The van der Waals surface area contributed by atoms with E-state index in [1.807, 2.05) is 0 Å². The minimum absolute atomic E-state index is 0.0505. The predicted octanol–water partition coefficient (Wildman–Crippen LogP) is 3.37. The smallest absolute Gasteiger partial charge is 0.268 e. The number of rotatable bonds is 2. The summed E-state index contributed by atoms with van der Waals surface area (Å²) in [5.41, 5.74) is -0.630. The first kappa shape index (κ1) is 15.2. The van der Waals surface area contributed by atoms with Crippen LogP contribution in [0, 0.1) is 12.3 Å². The summed E-state index contributed by atoms with van der Waals surface area (Å²) in [6, 6.07) is 4.50. The number of alkyl halides is 3. The Kier molecular flexibility index (Phi) is 4.09. The highest BCUT2D eigenvalue weighted by Gasteiger charge is 2.34. The van der Waals surface area contributed by atoms with Crippen LogP contribution in [0.5, 0.6) is 0 Å². The van der Waals surface area contributed by atoms with Crippen LogP contribution in [0.1, 0.15) is 11.1 Å². The number of halogens is 3. The Balaban J connectivity index is 2.31. The van der Waals surface area contributed by atoms with Gasteiger partial charge in [0, 0.05) is 0 Å². The maximum absolute atomic E-state index is 12.6. The molecule has 0 aromatic heterocycles. The van der Waals surface area contributed by atoms with Crippen LogP contribution in [0.2, 0.25) is 0 Å². The van der Waals surface area contributed by atoms with Gasteiger partial charge in [0.2, 0.25) is 0 Å². The van der Waals surface area contributed by atoms with E-state index in [-0.39, 0.29) is 17.0 Å². The first-order valence-corrected chi connectivity index (χ1v) is 6.50. The summed E-state index contributed by atoms with van der Waals surface area (Å²) < 4.78 is 37.8. The van der Waals surface area contributed by atoms with Crippen molar-refractivity contribution in [3.8, 4) is 12.3 Å². The lowest BCUT2D eigenvalue weighted by Gasteiger charge is -2.07. The molecule has 1 aromatic rings. The normalized spacial score (nSPS) is 17.4. The molecule has 1 aliphatic heterocycles. The van der Waals surface area contributed by atoms with Crippen LogP contribution in [0.4, 0.5) is 18.0 Å². The molecule has 108 valence electrons. The van der Waals surface area contributed by atoms with E-state index in [0.29, 0.717) is 11.8 Å². The molecule has 1 heterocycles. The molecule has 0 bridgehead atoms. The fourth-order valence-electron chi connectivity index (χ4n) is 1.68. The second-order valence-corrected chi connectivity index (χ2v) is 5.09. The van der Waals surface area contributed by atoms with E-state index in [0.717, 1.165) is 17.0 Å². The molecular formula is C14H8F3NO2S. The second kappa shape index (κ2) is 5.66. The lowest BCUT2D eigenvalue weighted by Crippen LogP contribution is -2.28. The zero-order chi connectivity index (χ0) is 15.6. The van der Waals surface area contributed by atoms with E-state index in [1.165, 1.54) is 18.2 Å². The fraction of sp³-hybridized carbons (Fsp3) is 0.143. The Morgan fingerprint density at radius 3 is 2.67 bits per heavy atom. The van der Waals surface area contributed by atoms with Crippen molar-refractivity contribution < 1.29 is 22.8 Å². The van der Waals surface area contributed by atoms with Crippen LogP contribution < -0.4 is 0 Å². The molecule has 2 rings (SSSR count). The standard InChI is InChI=1S/C14H8F3NO2S/c1-2-6-18-12(19)11(21-13(18)20)8-9-4-3-5-10(7-9)14(15,16)17/h1,3-5,7-8H,6H2. The maximum Gasteiger partial charge on any atom is 0.416 e. The maximum atomic E-state index is 12.6. The molecule has 21 heavy (non-hydrogen) atoms. The highest BCUT2D eigenvalue weighted by Crippen LogP contribution is 2.33. The van der Waals surface area contributed by atoms with Gasteiger partial charge in [0.05, 0.1) is 17.0 Å². The largest absolute Gasteiger partial charge is 0.416 e. The summed E-state index contributed by atoms with van der Waals surface area (Å²) in [5, 5.41) is -0.531. The summed E-state index contributed by atoms with van der Waals surface area (Å²) >= 11 is 0.652. The van der Waals surface area contributed by atoms with Crippen molar-refractivity contribution in [2.75, 3.05) is 6.54 Å². The molecule has 0 saturated carbocycles. The molecule has 2 amide bonds. The summed E-state index contributed by atoms with van der Waals surface area (Å²) in [7, 11) is 0. The van der Waals surface area contributed by atoms with Gasteiger partial charge >= 0.3 is 6.18 Å². The average molecular weight is 311 g/mol. The van der Waals surface area contributed by atoms with Crippen LogP contribution in [-0.4, -0.2) is 22.6 Å². The molecule has 3 nitrogen and oxygen atoms in total. The van der Waals surface area contributed by atoms with Crippen molar-refractivity contribution in [2.45, 2.75) is 6.18 Å². The minimum Gasteiger partial charge on any atom is -0.268 e. The summed E-state index contributed by atoms with van der Waals surface area (Å²) in [6.07, 6.45) is 1.83. The Hall–Kier alpha value is -2.20. The van der Waals surface area contributed by atoms with Gasteiger partial charge in [-0.1, -0.05) is 18.1 Å². The molecule has 0 spiro atoms. The van der Waals surface area contributed by atoms with Crippen molar-refractivity contribution in [3.05, 3.63) is 40.3 Å². The summed E-state index contributed by atoms with van der Waals surface area (Å²) in [5.74, 6) is 1.58. The van der Waals surface area contributed by atoms with E-state index in [2.05, 4.69) is 5.92 Å². The third kappa shape index (κ3) is 3.28. The summed E-state index contributed by atoms with van der Waals surface area (Å²) in [6.45, 7) is -0.162. The highest BCUT2D eigenvalue weighted by molar-refractivity contribution is 8.18. The van der Waals surface area contributed by atoms with Crippen LogP contribution in [-0.2, 0) is 11.0 Å². The predicted molar refractivity (Wildman–Crippen MR) is 73.0 cm³/mol. The Labute approximate surface area is 122 Å². The molecule has 0 unspecified atom stereocenters. The SMILES string of the molecule is C#CCN1C(=O)SC(=Cc2cccc(C(F)(F)F)c2)C1=O. The Bertz CT molecular complexity index is 674. The van der Waals surface area contributed by atoms with Crippen LogP contribution in [0.25, 0.3) is 6.08 Å². The average Bonchev–Trinajstić information content (AvgIpc) is 2.66. The number of hydrogen-bond acceptors (Lipinski definition) is 3. The molecule has 0 atom stereocenters. The van der Waals surface area contributed by atoms with Crippen LogP contribution >= 0.6 is 11.8 Å². The second-order valence-electron chi connectivity index (χ2n) is 4.10. The first-order valence-electron chi connectivity index (χ1n) is 5.69. The molecule has 0 radical (unpaired) electrons. The molecule has 0 N–H and O–H groups in total. The third-order valence-electron chi connectivity index (χ3n) is 2.63. The van der Waals surface area contributed by atoms with Gasteiger partial charge in [0.15, 0.2) is 0 Å². The van der Waals surface area contributed by atoms with Gasteiger partial charge < -0.3 is 0 Å². The van der Waals surface area contributed by atoms with Gasteiger partial charge in [-0.05, 0) is 35.5 Å². The number of amides is 2. The lowest BCUT2D eigenvalue weighted by atomic mass is 10.1. The third-order valence-corrected chi connectivity index (χ3v) is 3.54. The fourth-order valence-corrected chi connectivity index (χ4v) is 2.52. The van der Waals surface area contributed by atoms with Crippen molar-refractivity contribution >= 4 is 29.0 Å². The number of imide groups is 1. The Morgan fingerprint density at radius 2 is 2.05 bits per heavy atom. The minimum atomic E-state index is -4.47. The number of thioether (sulfide) groups is 1. The molecule has 1 saturated heterocycles. The number of terminal acetylenes is 1. The van der Waals surface area contributed by atoms with Crippen molar-refractivity contribution in [1.82, 2.24) is 4.90 Å². The van der Waals surface area contributed by atoms with Crippen molar-refractivity contribution in [1.29, 1.82) is 0 Å².